The summed E-state index contributed by atoms with van der Waals surface area (Å²) in [5, 5.41) is 13.1. The molecule has 94 valence electrons. The van der Waals surface area contributed by atoms with Gasteiger partial charge in [0.2, 0.25) is 0 Å². The van der Waals surface area contributed by atoms with Gasteiger partial charge in [0.25, 0.3) is 0 Å². The third kappa shape index (κ3) is 4.04. The molecule has 0 unspecified atom stereocenters. The van der Waals surface area contributed by atoms with Gasteiger partial charge in [0.15, 0.2) is 0 Å². The molecule has 2 rings (SSSR count). The maximum absolute atomic E-state index is 9.42. The molecule has 2 aliphatic rings. The van der Waals surface area contributed by atoms with Gasteiger partial charge in [-0.05, 0) is 51.6 Å². The molecule has 0 aromatic rings. The molecule has 0 radical (unpaired) electrons. The summed E-state index contributed by atoms with van der Waals surface area (Å²) < 4.78 is 0. The van der Waals surface area contributed by atoms with E-state index in [1.165, 1.54) is 38.9 Å². The Hall–Kier alpha value is -0.120. The number of hydrogen-bond donors (Lipinski definition) is 2. The fourth-order valence-electron chi connectivity index (χ4n) is 2.89. The van der Waals surface area contributed by atoms with Crippen LogP contribution < -0.4 is 5.32 Å². The normalized spacial score (nSPS) is 32.8. The minimum atomic E-state index is -0.0276. The fourth-order valence-corrected chi connectivity index (χ4v) is 2.89. The van der Waals surface area contributed by atoms with Crippen LogP contribution in [0.5, 0.6) is 0 Å². The number of piperidine rings is 1. The van der Waals surface area contributed by atoms with Gasteiger partial charge >= 0.3 is 0 Å². The van der Waals surface area contributed by atoms with Gasteiger partial charge in [-0.3, -0.25) is 0 Å². The monoisotopic (exact) mass is 226 g/mol. The summed E-state index contributed by atoms with van der Waals surface area (Å²) in [6.45, 7) is 4.93. The van der Waals surface area contributed by atoms with Crippen LogP contribution in [0, 0.1) is 0 Å². The maximum Gasteiger partial charge on any atom is 0.0541 e. The average Bonchev–Trinajstić information content (AvgIpc) is 2.33. The van der Waals surface area contributed by atoms with Gasteiger partial charge in [0.05, 0.1) is 6.10 Å². The lowest BCUT2D eigenvalue weighted by atomic mass is 9.93. The molecule has 0 aromatic carbocycles. The molecule has 0 spiro atoms. The van der Waals surface area contributed by atoms with Crippen LogP contribution in [-0.4, -0.2) is 48.3 Å². The lowest BCUT2D eigenvalue weighted by Gasteiger charge is -2.29. The Morgan fingerprint density at radius 3 is 2.38 bits per heavy atom. The molecule has 1 saturated carbocycles. The van der Waals surface area contributed by atoms with Crippen molar-refractivity contribution in [2.24, 2.45) is 0 Å². The molecule has 0 aromatic heterocycles. The van der Waals surface area contributed by atoms with Crippen LogP contribution in [0.25, 0.3) is 0 Å². The van der Waals surface area contributed by atoms with E-state index in [4.69, 9.17) is 0 Å². The van der Waals surface area contributed by atoms with E-state index in [1.807, 2.05) is 0 Å². The molecule has 3 heteroatoms. The highest BCUT2D eigenvalue weighted by molar-refractivity contribution is 4.77. The summed E-state index contributed by atoms with van der Waals surface area (Å²) in [5.74, 6) is 0. The van der Waals surface area contributed by atoms with E-state index in [2.05, 4.69) is 10.2 Å². The molecular weight excluding hydrogens is 200 g/mol. The van der Waals surface area contributed by atoms with Gasteiger partial charge < -0.3 is 15.3 Å². The Balaban J connectivity index is 1.53. The van der Waals surface area contributed by atoms with Crippen LogP contribution >= 0.6 is 0 Å². The van der Waals surface area contributed by atoms with Crippen molar-refractivity contribution in [3.8, 4) is 0 Å². The van der Waals surface area contributed by atoms with E-state index in [1.54, 1.807) is 0 Å². The number of aliphatic hydroxyl groups is 1. The maximum atomic E-state index is 9.42. The number of aliphatic hydroxyl groups excluding tert-OH is 1. The molecule has 2 N–H and O–H groups in total. The fraction of sp³-hybridized carbons (Fsp3) is 1.00. The summed E-state index contributed by atoms with van der Waals surface area (Å²) >= 11 is 0. The number of nitrogens with zero attached hydrogens (tertiary/aromatic N) is 1. The Kier molecular flexibility index (Phi) is 5.07. The van der Waals surface area contributed by atoms with Crippen molar-refractivity contribution in [1.29, 1.82) is 0 Å². The Bertz CT molecular complexity index is 184. The topological polar surface area (TPSA) is 35.5 Å². The van der Waals surface area contributed by atoms with Gasteiger partial charge in [-0.1, -0.05) is 6.42 Å². The SMILES string of the molecule is OC1CCC(NCCN2CCCCC2)CC1. The lowest BCUT2D eigenvalue weighted by Crippen LogP contribution is -2.41. The van der Waals surface area contributed by atoms with E-state index in [9.17, 15) is 5.11 Å². The zero-order valence-electron chi connectivity index (χ0n) is 10.3. The standard InChI is InChI=1S/C13H26N2O/c16-13-6-4-12(5-7-13)14-8-11-15-9-2-1-3-10-15/h12-14,16H,1-11H2. The first-order valence-corrected chi connectivity index (χ1v) is 6.98. The number of hydrogen-bond acceptors (Lipinski definition) is 3. The van der Waals surface area contributed by atoms with E-state index >= 15 is 0 Å². The van der Waals surface area contributed by atoms with Crippen LogP contribution in [0.1, 0.15) is 44.9 Å². The smallest absolute Gasteiger partial charge is 0.0541 e. The van der Waals surface area contributed by atoms with Crippen LogP contribution in [0.15, 0.2) is 0 Å². The predicted octanol–water partition coefficient (Wildman–Crippen LogP) is 1.37. The first kappa shape index (κ1) is 12.3. The quantitative estimate of drug-likeness (QED) is 0.760. The summed E-state index contributed by atoms with van der Waals surface area (Å²) in [6.07, 6.45) is 8.45. The van der Waals surface area contributed by atoms with Crippen molar-refractivity contribution in [3.63, 3.8) is 0 Å². The first-order chi connectivity index (χ1) is 7.84. The highest BCUT2D eigenvalue weighted by atomic mass is 16.3. The van der Waals surface area contributed by atoms with E-state index in [0.29, 0.717) is 6.04 Å². The molecular formula is C13H26N2O. The van der Waals surface area contributed by atoms with Gasteiger partial charge in [0, 0.05) is 19.1 Å². The number of likely N-dealkylation sites (tertiary alicyclic amines) is 1. The predicted molar refractivity (Wildman–Crippen MR) is 66.6 cm³/mol. The van der Waals surface area contributed by atoms with E-state index in [0.717, 1.165) is 32.2 Å². The Morgan fingerprint density at radius 1 is 1.00 bits per heavy atom. The molecule has 1 aliphatic carbocycles. The zero-order chi connectivity index (χ0) is 11.2. The Labute approximate surface area is 99.2 Å². The van der Waals surface area contributed by atoms with Crippen molar-refractivity contribution in [3.05, 3.63) is 0 Å². The van der Waals surface area contributed by atoms with E-state index < -0.39 is 0 Å². The molecule has 2 fully saturated rings. The zero-order valence-corrected chi connectivity index (χ0v) is 10.3. The summed E-state index contributed by atoms with van der Waals surface area (Å²) in [5.41, 5.74) is 0. The molecule has 0 bridgehead atoms. The first-order valence-electron chi connectivity index (χ1n) is 6.98. The third-order valence-corrected chi connectivity index (χ3v) is 4.01. The summed E-state index contributed by atoms with van der Waals surface area (Å²) in [4.78, 5) is 2.58. The molecule has 16 heavy (non-hydrogen) atoms. The van der Waals surface area contributed by atoms with Gasteiger partial charge in [0.1, 0.15) is 0 Å². The molecule has 1 saturated heterocycles. The molecule has 1 aliphatic heterocycles. The molecule has 0 atom stereocenters. The van der Waals surface area contributed by atoms with Crippen molar-refractivity contribution in [2.75, 3.05) is 26.2 Å². The van der Waals surface area contributed by atoms with E-state index in [-0.39, 0.29) is 6.10 Å². The second-order valence-corrected chi connectivity index (χ2v) is 5.36. The highest BCUT2D eigenvalue weighted by Gasteiger charge is 2.18. The van der Waals surface area contributed by atoms with Crippen LogP contribution in [0.3, 0.4) is 0 Å². The summed E-state index contributed by atoms with van der Waals surface area (Å²) in [7, 11) is 0. The second kappa shape index (κ2) is 6.58. The minimum absolute atomic E-state index is 0.0276. The van der Waals surface area contributed by atoms with Crippen LogP contribution in [0.2, 0.25) is 0 Å². The van der Waals surface area contributed by atoms with Crippen molar-refractivity contribution < 1.29 is 5.11 Å². The average molecular weight is 226 g/mol. The third-order valence-electron chi connectivity index (χ3n) is 4.01. The second-order valence-electron chi connectivity index (χ2n) is 5.36. The highest BCUT2D eigenvalue weighted by Crippen LogP contribution is 2.18. The van der Waals surface area contributed by atoms with Crippen LogP contribution in [0.4, 0.5) is 0 Å². The van der Waals surface area contributed by atoms with Gasteiger partial charge in [-0.2, -0.15) is 0 Å². The molecule has 3 nitrogen and oxygen atoms in total. The van der Waals surface area contributed by atoms with Crippen molar-refractivity contribution in [2.45, 2.75) is 57.1 Å². The van der Waals surface area contributed by atoms with Crippen molar-refractivity contribution >= 4 is 0 Å². The van der Waals surface area contributed by atoms with Gasteiger partial charge in [-0.25, -0.2) is 0 Å². The summed E-state index contributed by atoms with van der Waals surface area (Å²) in [6, 6.07) is 0.660. The minimum Gasteiger partial charge on any atom is -0.393 e. The largest absolute Gasteiger partial charge is 0.393 e. The van der Waals surface area contributed by atoms with Gasteiger partial charge in [-0.15, -0.1) is 0 Å². The Morgan fingerprint density at radius 2 is 1.69 bits per heavy atom. The number of rotatable bonds is 4. The van der Waals surface area contributed by atoms with Crippen molar-refractivity contribution in [1.82, 2.24) is 10.2 Å². The molecule has 0 amide bonds. The molecule has 1 heterocycles. The van der Waals surface area contributed by atoms with Crippen LogP contribution in [-0.2, 0) is 0 Å². The number of nitrogens with one attached hydrogen (secondary N) is 1. The lowest BCUT2D eigenvalue weighted by molar-refractivity contribution is 0.115.